The number of nitrogens with one attached hydrogen (secondary N) is 4. The van der Waals surface area contributed by atoms with E-state index in [4.69, 9.17) is 19.4 Å². The lowest BCUT2D eigenvalue weighted by atomic mass is 9.78. The standard InChI is InChI=1S/C39H50N8O6/c1-22(2)33(44-38(50)52-5)37(49)46-17-9-12-32(46)35-41-21-31(43-35)27-16-14-24-18-26(15-13-25(24)19-27)30-20-40-34(42-30)28-10-7-8-11-29(28)36(48)47(23(3)4)45-39(51)53-6/h13-16,18-23,28-29,32-33H,7-12,17H2,1-6H3,(H,40,42)(H,41,43)(H,44,50)(H,45,51)/t28?,29?,32-,33-/m0/s1. The smallest absolute Gasteiger partial charge is 0.425 e. The number of aromatic amines is 2. The molecule has 2 aromatic heterocycles. The van der Waals surface area contributed by atoms with Gasteiger partial charge >= 0.3 is 12.2 Å². The van der Waals surface area contributed by atoms with Crippen molar-refractivity contribution in [2.24, 2.45) is 11.8 Å². The summed E-state index contributed by atoms with van der Waals surface area (Å²) in [6.45, 7) is 8.10. The van der Waals surface area contributed by atoms with Crippen LogP contribution in [0, 0.1) is 11.8 Å². The molecule has 14 nitrogen and oxygen atoms in total. The first-order valence-corrected chi connectivity index (χ1v) is 18.5. The molecule has 2 fully saturated rings. The van der Waals surface area contributed by atoms with Gasteiger partial charge in [0.1, 0.15) is 17.7 Å². The van der Waals surface area contributed by atoms with Gasteiger partial charge in [-0.25, -0.2) is 30.0 Å². The monoisotopic (exact) mass is 726 g/mol. The van der Waals surface area contributed by atoms with Gasteiger partial charge in [0, 0.05) is 35.5 Å². The first-order valence-electron chi connectivity index (χ1n) is 18.5. The fourth-order valence-electron chi connectivity index (χ4n) is 7.61. The van der Waals surface area contributed by atoms with Gasteiger partial charge in [-0.3, -0.25) is 9.59 Å². The summed E-state index contributed by atoms with van der Waals surface area (Å²) in [6, 6.07) is 11.4. The average molecular weight is 727 g/mol. The molecule has 3 heterocycles. The van der Waals surface area contributed by atoms with Crippen LogP contribution in [0.15, 0.2) is 48.8 Å². The number of carbonyl (C=O) groups excluding carboxylic acids is 4. The fourth-order valence-corrected chi connectivity index (χ4v) is 7.61. The molecule has 1 aliphatic carbocycles. The summed E-state index contributed by atoms with van der Waals surface area (Å²) in [5.74, 6) is 0.675. The molecule has 4 atom stereocenters. The molecule has 6 rings (SSSR count). The van der Waals surface area contributed by atoms with E-state index in [1.54, 1.807) is 11.1 Å². The van der Waals surface area contributed by atoms with Crippen molar-refractivity contribution in [3.05, 3.63) is 60.4 Å². The number of likely N-dealkylation sites (tertiary alicyclic amines) is 1. The quantitative estimate of drug-likeness (QED) is 0.143. The van der Waals surface area contributed by atoms with Gasteiger partial charge in [-0.1, -0.05) is 51.0 Å². The number of hydrogen-bond donors (Lipinski definition) is 4. The van der Waals surface area contributed by atoms with Crippen LogP contribution in [0.1, 0.15) is 89.8 Å². The zero-order chi connectivity index (χ0) is 37.8. The third-order valence-electron chi connectivity index (χ3n) is 10.5. The van der Waals surface area contributed by atoms with Crippen molar-refractivity contribution in [3.63, 3.8) is 0 Å². The molecular formula is C39H50N8O6. The van der Waals surface area contributed by atoms with Crippen LogP contribution in [0.25, 0.3) is 33.3 Å². The number of imidazole rings is 2. The van der Waals surface area contributed by atoms with Gasteiger partial charge in [-0.05, 0) is 68.4 Å². The van der Waals surface area contributed by atoms with Crippen molar-refractivity contribution >= 4 is 34.8 Å². The van der Waals surface area contributed by atoms with Gasteiger partial charge in [-0.2, -0.15) is 0 Å². The predicted octanol–water partition coefficient (Wildman–Crippen LogP) is 6.45. The number of benzene rings is 2. The summed E-state index contributed by atoms with van der Waals surface area (Å²) in [7, 11) is 2.57. The summed E-state index contributed by atoms with van der Waals surface area (Å²) >= 11 is 0. The molecule has 2 unspecified atom stereocenters. The zero-order valence-electron chi connectivity index (χ0n) is 31.3. The number of nitrogens with zero attached hydrogens (tertiary/aromatic N) is 4. The molecule has 2 aromatic carbocycles. The van der Waals surface area contributed by atoms with Crippen LogP contribution in [0.5, 0.6) is 0 Å². The largest absolute Gasteiger partial charge is 0.453 e. The summed E-state index contributed by atoms with van der Waals surface area (Å²) in [5.41, 5.74) is 6.26. The van der Waals surface area contributed by atoms with E-state index in [0.717, 1.165) is 77.0 Å². The van der Waals surface area contributed by atoms with E-state index in [1.807, 2.05) is 33.9 Å². The number of methoxy groups -OCH3 is 2. The van der Waals surface area contributed by atoms with Crippen LogP contribution in [-0.2, 0) is 19.1 Å². The molecule has 4 aromatic rings. The normalized spacial score (nSPS) is 19.3. The summed E-state index contributed by atoms with van der Waals surface area (Å²) in [4.78, 5) is 69.4. The van der Waals surface area contributed by atoms with Crippen molar-refractivity contribution in [1.29, 1.82) is 0 Å². The number of carbonyl (C=O) groups is 4. The Balaban J connectivity index is 1.17. The van der Waals surface area contributed by atoms with Crippen LogP contribution in [-0.4, -0.2) is 86.7 Å². The van der Waals surface area contributed by atoms with E-state index in [-0.39, 0.29) is 41.7 Å². The summed E-state index contributed by atoms with van der Waals surface area (Å²) in [5, 5.41) is 6.18. The summed E-state index contributed by atoms with van der Waals surface area (Å²) < 4.78 is 9.51. The minimum atomic E-state index is -0.692. The predicted molar refractivity (Wildman–Crippen MR) is 199 cm³/mol. The summed E-state index contributed by atoms with van der Waals surface area (Å²) in [6.07, 6.45) is 7.42. The number of aromatic nitrogens is 4. The molecule has 14 heteroatoms. The molecule has 1 saturated heterocycles. The maximum Gasteiger partial charge on any atom is 0.425 e. The van der Waals surface area contributed by atoms with Crippen molar-refractivity contribution in [1.82, 2.24) is 40.6 Å². The minimum absolute atomic E-state index is 0.101. The number of hydrogen-bond acceptors (Lipinski definition) is 8. The number of rotatable bonds is 9. The molecule has 1 saturated carbocycles. The molecule has 53 heavy (non-hydrogen) atoms. The number of hydrazine groups is 1. The van der Waals surface area contributed by atoms with Crippen molar-refractivity contribution in [3.8, 4) is 22.5 Å². The van der Waals surface area contributed by atoms with Crippen molar-refractivity contribution in [2.45, 2.75) is 90.3 Å². The second-order valence-corrected chi connectivity index (χ2v) is 14.6. The first kappa shape index (κ1) is 37.4. The Morgan fingerprint density at radius 1 is 0.811 bits per heavy atom. The lowest BCUT2D eigenvalue weighted by molar-refractivity contribution is -0.142. The van der Waals surface area contributed by atoms with Gasteiger partial charge in [0.05, 0.1) is 44.0 Å². The van der Waals surface area contributed by atoms with E-state index >= 15 is 0 Å². The highest BCUT2D eigenvalue weighted by atomic mass is 16.5. The second kappa shape index (κ2) is 16.1. The van der Waals surface area contributed by atoms with Crippen LogP contribution in [0.3, 0.4) is 0 Å². The highest BCUT2D eigenvalue weighted by Crippen LogP contribution is 2.39. The maximum absolute atomic E-state index is 13.7. The zero-order valence-corrected chi connectivity index (χ0v) is 31.3. The second-order valence-electron chi connectivity index (χ2n) is 14.6. The van der Waals surface area contributed by atoms with Crippen LogP contribution in [0.4, 0.5) is 9.59 Å². The Hall–Kier alpha value is -5.40. The Morgan fingerprint density at radius 2 is 1.42 bits per heavy atom. The van der Waals surface area contributed by atoms with Gasteiger partial charge in [0.15, 0.2) is 0 Å². The van der Waals surface area contributed by atoms with E-state index < -0.39 is 18.2 Å². The molecule has 282 valence electrons. The topological polar surface area (TPSA) is 175 Å². The molecule has 0 bridgehead atoms. The number of ether oxygens (including phenoxy) is 2. The Bertz CT molecular complexity index is 1950. The van der Waals surface area contributed by atoms with Crippen molar-refractivity contribution in [2.75, 3.05) is 20.8 Å². The van der Waals surface area contributed by atoms with E-state index in [2.05, 4.69) is 57.1 Å². The fraction of sp³-hybridized carbons (Fsp3) is 0.487. The molecule has 4 N–H and O–H groups in total. The average Bonchev–Trinajstić information content (AvgIpc) is 3.96. The molecular weight excluding hydrogens is 676 g/mol. The highest BCUT2D eigenvalue weighted by molar-refractivity contribution is 5.90. The van der Waals surface area contributed by atoms with E-state index in [0.29, 0.717) is 13.0 Å². The van der Waals surface area contributed by atoms with Crippen molar-refractivity contribution < 1.29 is 28.7 Å². The van der Waals surface area contributed by atoms with Gasteiger partial charge in [-0.15, -0.1) is 0 Å². The molecule has 2 aliphatic rings. The lowest BCUT2D eigenvalue weighted by Gasteiger charge is -2.35. The van der Waals surface area contributed by atoms with E-state index in [9.17, 15) is 19.2 Å². The molecule has 4 amide bonds. The number of H-pyrrole nitrogens is 2. The Kier molecular flexibility index (Phi) is 11.3. The number of amides is 4. The third kappa shape index (κ3) is 8.01. The van der Waals surface area contributed by atoms with E-state index in [1.165, 1.54) is 19.2 Å². The molecule has 0 radical (unpaired) electrons. The first-order chi connectivity index (χ1) is 25.5. The van der Waals surface area contributed by atoms with Crippen LogP contribution < -0.4 is 10.7 Å². The molecule has 0 spiro atoms. The number of alkyl carbamates (subject to hydrolysis) is 1. The number of fused-ring (bicyclic) bond motifs is 1. The molecule has 1 aliphatic heterocycles. The Morgan fingerprint density at radius 3 is 2.02 bits per heavy atom. The maximum atomic E-state index is 13.7. The third-order valence-corrected chi connectivity index (χ3v) is 10.5. The van der Waals surface area contributed by atoms with Crippen LogP contribution >= 0.6 is 0 Å². The van der Waals surface area contributed by atoms with Gasteiger partial charge in [0.25, 0.3) is 0 Å². The lowest BCUT2D eigenvalue weighted by Crippen LogP contribution is -2.53. The van der Waals surface area contributed by atoms with Gasteiger partial charge in [0.2, 0.25) is 11.8 Å². The minimum Gasteiger partial charge on any atom is -0.453 e. The van der Waals surface area contributed by atoms with Gasteiger partial charge < -0.3 is 29.7 Å². The SMILES string of the molecule is COC(=O)N[C@H](C(=O)N1CCC[C@H]1c1ncc(-c2ccc3cc(-c4cnc(C5CCCCC5C(=O)N(NC(=O)OC)C(C)C)[nH]4)ccc3c2)[nH]1)C(C)C. The Labute approximate surface area is 309 Å². The highest BCUT2D eigenvalue weighted by Gasteiger charge is 2.39. The van der Waals surface area contributed by atoms with Crippen LogP contribution in [0.2, 0.25) is 0 Å².